The summed E-state index contributed by atoms with van der Waals surface area (Å²) in [5, 5.41) is 9.99. The highest BCUT2D eigenvalue weighted by atomic mass is 16.5. The van der Waals surface area contributed by atoms with Gasteiger partial charge in [0.15, 0.2) is 0 Å². The second kappa shape index (κ2) is 1.67. The fourth-order valence-corrected chi connectivity index (χ4v) is 0.739. The van der Waals surface area contributed by atoms with Crippen LogP contribution in [0.15, 0.2) is 11.9 Å². The van der Waals surface area contributed by atoms with E-state index in [1.807, 2.05) is 13.0 Å². The highest BCUT2D eigenvalue weighted by Gasteiger charge is 2.16. The molecule has 0 spiro atoms. The predicted molar refractivity (Wildman–Crippen MR) is 30.0 cm³/mol. The van der Waals surface area contributed by atoms with Crippen molar-refractivity contribution in [2.24, 2.45) is 5.73 Å². The summed E-state index contributed by atoms with van der Waals surface area (Å²) in [5.74, 6) is 0.470. The summed E-state index contributed by atoms with van der Waals surface area (Å²) in [6, 6.07) is 0.162. The Kier molecular flexibility index (Phi) is 1.13. The number of rotatable bonds is 0. The number of nitrogens with two attached hydrogens (primary N) is 1. The van der Waals surface area contributed by atoms with Crippen LogP contribution in [-0.4, -0.2) is 16.3 Å². The number of hydrogen-bond acceptors (Lipinski definition) is 3. The molecule has 3 N–H and O–H groups in total. The number of nitrogens with zero attached hydrogens (tertiary/aromatic N) is 1. The summed E-state index contributed by atoms with van der Waals surface area (Å²) in [7, 11) is 0. The smallest absolute Gasteiger partial charge is 0.119 e. The van der Waals surface area contributed by atoms with Crippen molar-refractivity contribution in [2.75, 3.05) is 0 Å². The fraction of sp³-hybridized carbons (Fsp3) is 0.600. The first-order chi connectivity index (χ1) is 3.72. The first kappa shape index (κ1) is 5.44. The molecule has 1 aliphatic heterocycles. The molecule has 0 bridgehead atoms. The van der Waals surface area contributed by atoms with E-state index in [0.717, 1.165) is 11.5 Å². The van der Waals surface area contributed by atoms with Gasteiger partial charge in [-0.05, 0) is 19.4 Å². The molecule has 0 amide bonds. The van der Waals surface area contributed by atoms with E-state index in [2.05, 4.69) is 0 Å². The second-order valence-electron chi connectivity index (χ2n) is 2.06. The summed E-state index contributed by atoms with van der Waals surface area (Å²) in [5.41, 5.74) is 5.31. The molecule has 1 unspecified atom stereocenters. The van der Waals surface area contributed by atoms with E-state index in [4.69, 9.17) is 10.9 Å². The lowest BCUT2D eigenvalue weighted by atomic mass is 10.3. The van der Waals surface area contributed by atoms with Crippen molar-refractivity contribution in [3.63, 3.8) is 0 Å². The number of hydroxylamine groups is 2. The van der Waals surface area contributed by atoms with E-state index in [0.29, 0.717) is 5.82 Å². The summed E-state index contributed by atoms with van der Waals surface area (Å²) < 4.78 is 0. The molecule has 3 heteroatoms. The van der Waals surface area contributed by atoms with Gasteiger partial charge in [0.2, 0.25) is 0 Å². The highest BCUT2D eigenvalue weighted by Crippen LogP contribution is 2.13. The SMILES string of the molecule is CC1CC=C(N)N1O. The van der Waals surface area contributed by atoms with Crippen LogP contribution in [-0.2, 0) is 0 Å². The number of hydrogen-bond donors (Lipinski definition) is 2. The molecule has 1 heterocycles. The molecule has 8 heavy (non-hydrogen) atoms. The molecule has 0 saturated heterocycles. The van der Waals surface area contributed by atoms with Gasteiger partial charge in [-0.1, -0.05) is 0 Å². The Morgan fingerprint density at radius 3 is 2.75 bits per heavy atom. The van der Waals surface area contributed by atoms with Gasteiger partial charge >= 0.3 is 0 Å². The topological polar surface area (TPSA) is 49.5 Å². The van der Waals surface area contributed by atoms with Gasteiger partial charge in [-0.25, -0.2) is 5.06 Å². The molecule has 1 aliphatic rings. The molecule has 0 fully saturated rings. The molecule has 0 saturated carbocycles. The van der Waals surface area contributed by atoms with Crippen LogP contribution in [0.2, 0.25) is 0 Å². The van der Waals surface area contributed by atoms with Gasteiger partial charge in [-0.15, -0.1) is 0 Å². The molecule has 0 aromatic carbocycles. The molecular formula is C5H10N2O. The fourth-order valence-electron chi connectivity index (χ4n) is 0.739. The molecule has 0 aromatic heterocycles. The standard InChI is InChI=1S/C5H10N2O/c1-4-2-3-5(6)7(4)8/h3-4,8H,2,6H2,1H3. The Bertz CT molecular complexity index is 122. The van der Waals surface area contributed by atoms with E-state index in [1.165, 1.54) is 0 Å². The van der Waals surface area contributed by atoms with Crippen LogP contribution >= 0.6 is 0 Å². The lowest BCUT2D eigenvalue weighted by Crippen LogP contribution is -2.26. The van der Waals surface area contributed by atoms with Crippen molar-refractivity contribution in [3.05, 3.63) is 11.9 Å². The molecule has 3 nitrogen and oxygen atoms in total. The van der Waals surface area contributed by atoms with E-state index >= 15 is 0 Å². The average Bonchev–Trinajstić information content (AvgIpc) is 1.98. The highest BCUT2D eigenvalue weighted by molar-refractivity contribution is 5.02. The largest absolute Gasteiger partial charge is 0.384 e. The molecule has 0 aliphatic carbocycles. The second-order valence-corrected chi connectivity index (χ2v) is 2.06. The van der Waals surface area contributed by atoms with E-state index in [-0.39, 0.29) is 6.04 Å². The molecule has 46 valence electrons. The Morgan fingerprint density at radius 2 is 2.62 bits per heavy atom. The van der Waals surface area contributed by atoms with Crippen LogP contribution in [0.4, 0.5) is 0 Å². The minimum atomic E-state index is 0.162. The van der Waals surface area contributed by atoms with Gasteiger partial charge in [-0.2, -0.15) is 0 Å². The summed E-state index contributed by atoms with van der Waals surface area (Å²) in [4.78, 5) is 0. The monoisotopic (exact) mass is 114 g/mol. The zero-order valence-corrected chi connectivity index (χ0v) is 4.83. The minimum absolute atomic E-state index is 0.162. The molecule has 1 atom stereocenters. The third-order valence-corrected chi connectivity index (χ3v) is 1.35. The third-order valence-electron chi connectivity index (χ3n) is 1.35. The van der Waals surface area contributed by atoms with Crippen LogP contribution < -0.4 is 5.73 Å². The van der Waals surface area contributed by atoms with Gasteiger partial charge in [0.1, 0.15) is 5.82 Å². The van der Waals surface area contributed by atoms with Crippen molar-refractivity contribution in [2.45, 2.75) is 19.4 Å². The van der Waals surface area contributed by atoms with Gasteiger partial charge in [-0.3, -0.25) is 5.21 Å². The molecular weight excluding hydrogens is 104 g/mol. The van der Waals surface area contributed by atoms with E-state index < -0.39 is 0 Å². The molecule has 0 radical (unpaired) electrons. The average molecular weight is 114 g/mol. The molecule has 1 rings (SSSR count). The lowest BCUT2D eigenvalue weighted by molar-refractivity contribution is -0.0773. The van der Waals surface area contributed by atoms with Gasteiger partial charge < -0.3 is 5.73 Å². The van der Waals surface area contributed by atoms with Crippen LogP contribution in [0.25, 0.3) is 0 Å². The van der Waals surface area contributed by atoms with E-state index in [1.54, 1.807) is 0 Å². The van der Waals surface area contributed by atoms with Crippen molar-refractivity contribution in [1.29, 1.82) is 0 Å². The van der Waals surface area contributed by atoms with Gasteiger partial charge in [0.05, 0.1) is 6.04 Å². The van der Waals surface area contributed by atoms with Gasteiger partial charge in [0.25, 0.3) is 0 Å². The van der Waals surface area contributed by atoms with Crippen LogP contribution in [0.1, 0.15) is 13.3 Å². The maximum absolute atomic E-state index is 8.91. The zero-order valence-electron chi connectivity index (χ0n) is 4.83. The summed E-state index contributed by atoms with van der Waals surface area (Å²) >= 11 is 0. The van der Waals surface area contributed by atoms with Crippen molar-refractivity contribution >= 4 is 0 Å². The Morgan fingerprint density at radius 1 is 2.00 bits per heavy atom. The minimum Gasteiger partial charge on any atom is -0.384 e. The Hall–Kier alpha value is -0.700. The normalized spacial score (nSPS) is 28.5. The van der Waals surface area contributed by atoms with Crippen molar-refractivity contribution in [3.8, 4) is 0 Å². The summed E-state index contributed by atoms with van der Waals surface area (Å²) in [6.45, 7) is 1.91. The summed E-state index contributed by atoms with van der Waals surface area (Å²) in [6.07, 6.45) is 2.66. The third kappa shape index (κ3) is 0.648. The Labute approximate surface area is 48.4 Å². The maximum Gasteiger partial charge on any atom is 0.119 e. The quantitative estimate of drug-likeness (QED) is 0.475. The van der Waals surface area contributed by atoms with Crippen LogP contribution in [0, 0.1) is 0 Å². The van der Waals surface area contributed by atoms with Crippen molar-refractivity contribution in [1.82, 2.24) is 5.06 Å². The lowest BCUT2D eigenvalue weighted by Gasteiger charge is -2.15. The van der Waals surface area contributed by atoms with E-state index in [9.17, 15) is 0 Å². The molecule has 0 aromatic rings. The van der Waals surface area contributed by atoms with Gasteiger partial charge in [0, 0.05) is 0 Å². The first-order valence-electron chi connectivity index (χ1n) is 2.65. The van der Waals surface area contributed by atoms with Crippen molar-refractivity contribution < 1.29 is 5.21 Å². The van der Waals surface area contributed by atoms with Crippen LogP contribution in [0.5, 0.6) is 0 Å². The first-order valence-corrected chi connectivity index (χ1v) is 2.65. The predicted octanol–water partition coefficient (Wildman–Crippen LogP) is 0.270. The zero-order chi connectivity index (χ0) is 6.15. The maximum atomic E-state index is 8.91. The van der Waals surface area contributed by atoms with Crippen LogP contribution in [0.3, 0.4) is 0 Å². The Balaban J connectivity index is 2.59.